The fourth-order valence-corrected chi connectivity index (χ4v) is 5.07. The second-order valence-corrected chi connectivity index (χ2v) is 10.7. The second kappa shape index (κ2) is 9.76. The smallest absolute Gasteiger partial charge is 0.264 e. The summed E-state index contributed by atoms with van der Waals surface area (Å²) in [5.74, 6) is -0.384. The molecule has 0 heterocycles. The highest BCUT2D eigenvalue weighted by Gasteiger charge is 2.29. The van der Waals surface area contributed by atoms with E-state index in [1.165, 1.54) is 24.3 Å². The predicted molar refractivity (Wildman–Crippen MR) is 130 cm³/mol. The molecule has 0 atom stereocenters. The van der Waals surface area contributed by atoms with Crippen LogP contribution >= 0.6 is 11.6 Å². The molecule has 3 aromatic carbocycles. The molecule has 0 unspecified atom stereocenters. The van der Waals surface area contributed by atoms with E-state index in [-0.39, 0.29) is 17.3 Å². The van der Waals surface area contributed by atoms with Crippen LogP contribution in [0.4, 0.5) is 5.69 Å². The SMILES string of the molecule is Cc1cccc(N(CC(=O)NC(C)(C)Cc2ccccc2)S(=O)(=O)c2ccc(Cl)cc2)c1. The van der Waals surface area contributed by atoms with Crippen LogP contribution < -0.4 is 9.62 Å². The molecule has 0 aromatic heterocycles. The molecule has 0 radical (unpaired) electrons. The minimum Gasteiger partial charge on any atom is -0.349 e. The van der Waals surface area contributed by atoms with E-state index in [0.717, 1.165) is 15.4 Å². The van der Waals surface area contributed by atoms with E-state index in [9.17, 15) is 13.2 Å². The molecule has 3 aromatic rings. The number of carbonyl (C=O) groups is 1. The van der Waals surface area contributed by atoms with E-state index in [0.29, 0.717) is 17.1 Å². The number of amides is 1. The summed E-state index contributed by atoms with van der Waals surface area (Å²) in [6.07, 6.45) is 0.619. The Bertz CT molecular complexity index is 1180. The molecule has 0 spiro atoms. The molecule has 0 aliphatic heterocycles. The van der Waals surface area contributed by atoms with Crippen LogP contribution in [0.15, 0.2) is 83.8 Å². The first-order valence-electron chi connectivity index (χ1n) is 10.3. The van der Waals surface area contributed by atoms with Crippen LogP contribution in [0.5, 0.6) is 0 Å². The van der Waals surface area contributed by atoms with Crippen molar-refractivity contribution in [2.75, 3.05) is 10.8 Å². The normalized spacial score (nSPS) is 11.8. The summed E-state index contributed by atoms with van der Waals surface area (Å²) in [5, 5.41) is 3.42. The van der Waals surface area contributed by atoms with Crippen molar-refractivity contribution < 1.29 is 13.2 Å². The minimum atomic E-state index is -3.98. The molecule has 5 nitrogen and oxygen atoms in total. The van der Waals surface area contributed by atoms with Gasteiger partial charge in [-0.3, -0.25) is 9.10 Å². The molecule has 7 heteroatoms. The lowest BCUT2D eigenvalue weighted by Crippen LogP contribution is -2.50. The van der Waals surface area contributed by atoms with E-state index in [1.54, 1.807) is 18.2 Å². The zero-order valence-electron chi connectivity index (χ0n) is 18.4. The average molecular weight is 471 g/mol. The Balaban J connectivity index is 1.87. The molecule has 1 N–H and O–H groups in total. The molecular formula is C25H27ClN2O3S. The fraction of sp³-hybridized carbons (Fsp3) is 0.240. The minimum absolute atomic E-state index is 0.0692. The highest BCUT2D eigenvalue weighted by atomic mass is 35.5. The number of hydrogen-bond donors (Lipinski definition) is 1. The lowest BCUT2D eigenvalue weighted by atomic mass is 9.95. The Hall–Kier alpha value is -2.83. The number of carbonyl (C=O) groups excluding carboxylic acids is 1. The maximum Gasteiger partial charge on any atom is 0.264 e. The monoisotopic (exact) mass is 470 g/mol. The molecule has 0 fully saturated rings. The molecule has 0 saturated heterocycles. The summed E-state index contributed by atoms with van der Waals surface area (Å²) < 4.78 is 28.0. The van der Waals surface area contributed by atoms with E-state index >= 15 is 0 Å². The largest absolute Gasteiger partial charge is 0.349 e. The van der Waals surface area contributed by atoms with E-state index in [4.69, 9.17) is 11.6 Å². The van der Waals surface area contributed by atoms with Gasteiger partial charge in [0.2, 0.25) is 5.91 Å². The lowest BCUT2D eigenvalue weighted by molar-refractivity contribution is -0.121. The molecule has 0 bridgehead atoms. The van der Waals surface area contributed by atoms with Crippen molar-refractivity contribution in [2.45, 2.75) is 37.6 Å². The van der Waals surface area contributed by atoms with Gasteiger partial charge in [-0.1, -0.05) is 54.1 Å². The zero-order valence-corrected chi connectivity index (χ0v) is 20.0. The van der Waals surface area contributed by atoms with Gasteiger partial charge in [0, 0.05) is 10.6 Å². The number of nitrogens with one attached hydrogen (secondary N) is 1. The third-order valence-corrected chi connectivity index (χ3v) is 6.99. The second-order valence-electron chi connectivity index (χ2n) is 8.40. The van der Waals surface area contributed by atoms with Gasteiger partial charge in [0.25, 0.3) is 10.0 Å². The Kier molecular flexibility index (Phi) is 7.26. The summed E-state index contributed by atoms with van der Waals surface area (Å²) in [4.78, 5) is 13.1. The van der Waals surface area contributed by atoms with Crippen LogP contribution in [0.1, 0.15) is 25.0 Å². The van der Waals surface area contributed by atoms with Crippen molar-refractivity contribution in [3.05, 3.63) is 95.0 Å². The Morgan fingerprint density at radius 3 is 2.25 bits per heavy atom. The third-order valence-electron chi connectivity index (χ3n) is 4.95. The van der Waals surface area contributed by atoms with Crippen LogP contribution in [0, 0.1) is 6.92 Å². The average Bonchev–Trinajstić information content (AvgIpc) is 2.72. The van der Waals surface area contributed by atoms with Crippen molar-refractivity contribution in [1.82, 2.24) is 5.32 Å². The lowest BCUT2D eigenvalue weighted by Gasteiger charge is -2.29. The number of nitrogens with zero attached hydrogens (tertiary/aromatic N) is 1. The van der Waals surface area contributed by atoms with Gasteiger partial charge < -0.3 is 5.32 Å². The van der Waals surface area contributed by atoms with E-state index in [2.05, 4.69) is 5.32 Å². The third kappa shape index (κ3) is 6.11. The predicted octanol–water partition coefficient (Wildman–Crippen LogP) is 4.98. The van der Waals surface area contributed by atoms with Crippen LogP contribution in [0.2, 0.25) is 5.02 Å². The molecular weight excluding hydrogens is 444 g/mol. The number of anilines is 1. The van der Waals surface area contributed by atoms with Crippen molar-refractivity contribution in [3.63, 3.8) is 0 Å². The fourth-order valence-electron chi connectivity index (χ4n) is 3.53. The number of benzene rings is 3. The number of rotatable bonds is 8. The molecule has 32 heavy (non-hydrogen) atoms. The number of aryl methyl sites for hydroxylation is 1. The highest BCUT2D eigenvalue weighted by Crippen LogP contribution is 2.25. The first-order chi connectivity index (χ1) is 15.1. The Labute approximate surface area is 195 Å². The van der Waals surface area contributed by atoms with Gasteiger partial charge in [0.1, 0.15) is 6.54 Å². The first-order valence-corrected chi connectivity index (χ1v) is 12.1. The van der Waals surface area contributed by atoms with Gasteiger partial charge in [-0.05, 0) is 74.7 Å². The quantitative estimate of drug-likeness (QED) is 0.504. The summed E-state index contributed by atoms with van der Waals surface area (Å²) >= 11 is 5.93. The van der Waals surface area contributed by atoms with Crippen molar-refractivity contribution in [3.8, 4) is 0 Å². The van der Waals surface area contributed by atoms with Crippen LogP contribution in [0.3, 0.4) is 0 Å². The molecule has 1 amide bonds. The van der Waals surface area contributed by atoms with Crippen LogP contribution in [-0.4, -0.2) is 26.4 Å². The van der Waals surface area contributed by atoms with Gasteiger partial charge in [-0.2, -0.15) is 0 Å². The van der Waals surface area contributed by atoms with Gasteiger partial charge >= 0.3 is 0 Å². The van der Waals surface area contributed by atoms with Crippen molar-refractivity contribution >= 4 is 33.2 Å². The summed E-state index contributed by atoms with van der Waals surface area (Å²) in [6.45, 7) is 5.37. The van der Waals surface area contributed by atoms with Crippen molar-refractivity contribution in [1.29, 1.82) is 0 Å². The van der Waals surface area contributed by atoms with Gasteiger partial charge in [0.15, 0.2) is 0 Å². The van der Waals surface area contributed by atoms with E-state index in [1.807, 2.05) is 57.2 Å². The number of hydrogen-bond acceptors (Lipinski definition) is 3. The summed E-state index contributed by atoms with van der Waals surface area (Å²) in [7, 11) is -3.98. The Morgan fingerprint density at radius 2 is 1.62 bits per heavy atom. The van der Waals surface area contributed by atoms with Gasteiger partial charge in [-0.15, -0.1) is 0 Å². The van der Waals surface area contributed by atoms with Gasteiger partial charge in [-0.25, -0.2) is 8.42 Å². The Morgan fingerprint density at radius 1 is 0.969 bits per heavy atom. The van der Waals surface area contributed by atoms with Gasteiger partial charge in [0.05, 0.1) is 10.6 Å². The van der Waals surface area contributed by atoms with Crippen LogP contribution in [-0.2, 0) is 21.2 Å². The first kappa shape index (κ1) is 23.8. The molecule has 0 aliphatic rings. The standard InChI is InChI=1S/C25H27ClN2O3S/c1-19-8-7-11-22(16-19)28(32(30,31)23-14-12-21(26)13-15-23)18-24(29)27-25(2,3)17-20-9-5-4-6-10-20/h4-16H,17-18H2,1-3H3,(H,27,29). The van der Waals surface area contributed by atoms with Crippen molar-refractivity contribution in [2.24, 2.45) is 0 Å². The molecule has 0 aliphatic carbocycles. The number of halogens is 1. The topological polar surface area (TPSA) is 66.5 Å². The summed E-state index contributed by atoms with van der Waals surface area (Å²) in [6, 6.07) is 22.8. The zero-order chi connectivity index (χ0) is 23.4. The molecule has 168 valence electrons. The van der Waals surface area contributed by atoms with E-state index < -0.39 is 15.6 Å². The molecule has 3 rings (SSSR count). The molecule has 0 saturated carbocycles. The maximum absolute atomic E-state index is 13.5. The summed E-state index contributed by atoms with van der Waals surface area (Å²) in [5.41, 5.74) is 1.85. The highest BCUT2D eigenvalue weighted by molar-refractivity contribution is 7.92. The number of sulfonamides is 1. The van der Waals surface area contributed by atoms with Crippen LogP contribution in [0.25, 0.3) is 0 Å². The maximum atomic E-state index is 13.5.